The molecule has 1 aliphatic rings. The van der Waals surface area contributed by atoms with Crippen molar-refractivity contribution in [3.05, 3.63) is 29.3 Å². The van der Waals surface area contributed by atoms with Crippen molar-refractivity contribution in [2.75, 3.05) is 32.1 Å². The molecule has 25 heavy (non-hydrogen) atoms. The molecular weight excluding hydrogens is 318 g/mol. The van der Waals surface area contributed by atoms with Crippen LogP contribution in [0.3, 0.4) is 0 Å². The Labute approximate surface area is 149 Å². The molecule has 6 heteroatoms. The Hall–Kier alpha value is -2.08. The molecule has 2 unspecified atom stereocenters. The Bertz CT molecular complexity index is 598. The second kappa shape index (κ2) is 8.85. The number of urea groups is 1. The maximum atomic E-state index is 12.8. The molecule has 0 spiro atoms. The van der Waals surface area contributed by atoms with Crippen LogP contribution in [0.2, 0.25) is 0 Å². The van der Waals surface area contributed by atoms with E-state index in [-0.39, 0.29) is 23.9 Å². The number of benzene rings is 1. The molecular formula is C19H29N3O3. The molecule has 0 aliphatic carbocycles. The van der Waals surface area contributed by atoms with E-state index in [1.54, 1.807) is 12.0 Å². The zero-order chi connectivity index (χ0) is 18.4. The van der Waals surface area contributed by atoms with Crippen LogP contribution in [-0.2, 0) is 9.53 Å². The van der Waals surface area contributed by atoms with Crippen molar-refractivity contribution in [2.24, 2.45) is 5.92 Å². The maximum Gasteiger partial charge on any atom is 0.322 e. The van der Waals surface area contributed by atoms with Crippen molar-refractivity contribution in [1.82, 2.24) is 10.2 Å². The van der Waals surface area contributed by atoms with Gasteiger partial charge in [-0.2, -0.15) is 0 Å². The summed E-state index contributed by atoms with van der Waals surface area (Å²) in [6, 6.07) is 5.92. The Kier molecular flexibility index (Phi) is 6.82. The molecule has 1 aromatic rings. The molecule has 1 saturated heterocycles. The van der Waals surface area contributed by atoms with Gasteiger partial charge in [-0.15, -0.1) is 0 Å². The van der Waals surface area contributed by atoms with E-state index in [0.29, 0.717) is 19.7 Å². The van der Waals surface area contributed by atoms with Gasteiger partial charge in [-0.3, -0.25) is 4.79 Å². The lowest BCUT2D eigenvalue weighted by Gasteiger charge is -2.37. The van der Waals surface area contributed by atoms with Crippen LogP contribution >= 0.6 is 0 Å². The van der Waals surface area contributed by atoms with E-state index in [1.165, 1.54) is 0 Å². The number of nitrogens with zero attached hydrogens (tertiary/aromatic N) is 1. The number of likely N-dealkylation sites (tertiary alicyclic amines) is 1. The molecule has 3 amide bonds. The van der Waals surface area contributed by atoms with E-state index in [9.17, 15) is 9.59 Å². The number of piperidine rings is 1. The minimum absolute atomic E-state index is 0.00572. The van der Waals surface area contributed by atoms with Crippen LogP contribution in [-0.4, -0.2) is 49.7 Å². The summed E-state index contributed by atoms with van der Waals surface area (Å²) in [5.74, 6) is -0.175. The van der Waals surface area contributed by atoms with Gasteiger partial charge >= 0.3 is 6.03 Å². The SMILES string of the molecule is COCCNC(=O)C1CCC(C)N(C(=O)Nc2c(C)cccc2C)C1. The number of carbonyl (C=O) groups excluding carboxylic acids is 2. The van der Waals surface area contributed by atoms with Crippen molar-refractivity contribution in [3.63, 3.8) is 0 Å². The molecule has 1 heterocycles. The van der Waals surface area contributed by atoms with E-state index >= 15 is 0 Å². The van der Waals surface area contributed by atoms with Crippen molar-refractivity contribution >= 4 is 17.6 Å². The van der Waals surface area contributed by atoms with Gasteiger partial charge in [-0.1, -0.05) is 18.2 Å². The highest BCUT2D eigenvalue weighted by atomic mass is 16.5. The molecule has 1 aromatic carbocycles. The topological polar surface area (TPSA) is 70.7 Å². The van der Waals surface area contributed by atoms with Crippen molar-refractivity contribution in [1.29, 1.82) is 0 Å². The highest BCUT2D eigenvalue weighted by molar-refractivity contribution is 5.92. The summed E-state index contributed by atoms with van der Waals surface area (Å²) in [5, 5.41) is 5.90. The van der Waals surface area contributed by atoms with Crippen LogP contribution in [0.4, 0.5) is 10.5 Å². The van der Waals surface area contributed by atoms with E-state index in [1.807, 2.05) is 39.0 Å². The van der Waals surface area contributed by atoms with Crippen LogP contribution in [0.5, 0.6) is 0 Å². The van der Waals surface area contributed by atoms with Gasteiger partial charge in [-0.25, -0.2) is 4.79 Å². The second-order valence-electron chi connectivity index (χ2n) is 6.76. The third kappa shape index (κ3) is 4.95. The number of hydrogen-bond donors (Lipinski definition) is 2. The summed E-state index contributed by atoms with van der Waals surface area (Å²) in [7, 11) is 1.61. The molecule has 0 radical (unpaired) electrons. The number of ether oxygens (including phenoxy) is 1. The maximum absolute atomic E-state index is 12.8. The largest absolute Gasteiger partial charge is 0.383 e. The molecule has 0 saturated carbocycles. The van der Waals surface area contributed by atoms with E-state index < -0.39 is 0 Å². The highest BCUT2D eigenvalue weighted by Crippen LogP contribution is 2.25. The minimum atomic E-state index is -0.170. The smallest absolute Gasteiger partial charge is 0.322 e. The van der Waals surface area contributed by atoms with Crippen LogP contribution in [0.1, 0.15) is 30.9 Å². The number of rotatable bonds is 5. The molecule has 2 atom stereocenters. The third-order valence-electron chi connectivity index (χ3n) is 4.83. The lowest BCUT2D eigenvalue weighted by atomic mass is 9.93. The van der Waals surface area contributed by atoms with Crippen molar-refractivity contribution in [3.8, 4) is 0 Å². The fourth-order valence-corrected chi connectivity index (χ4v) is 3.21. The number of para-hydroxylation sites is 1. The van der Waals surface area contributed by atoms with E-state index in [2.05, 4.69) is 10.6 Å². The number of carbonyl (C=O) groups is 2. The number of nitrogens with one attached hydrogen (secondary N) is 2. The standard InChI is InChI=1S/C19H29N3O3/c1-13-6-5-7-14(2)17(13)21-19(24)22-12-16(9-8-15(22)3)18(23)20-10-11-25-4/h5-7,15-16H,8-12H2,1-4H3,(H,20,23)(H,21,24). The zero-order valence-corrected chi connectivity index (χ0v) is 15.6. The molecule has 1 aliphatic heterocycles. The Morgan fingerprint density at radius 2 is 1.92 bits per heavy atom. The third-order valence-corrected chi connectivity index (χ3v) is 4.83. The van der Waals surface area contributed by atoms with E-state index in [4.69, 9.17) is 4.74 Å². The van der Waals surface area contributed by atoms with Gasteiger partial charge in [0, 0.05) is 31.9 Å². The van der Waals surface area contributed by atoms with Gasteiger partial charge in [0.25, 0.3) is 0 Å². The van der Waals surface area contributed by atoms with Gasteiger partial charge in [0.1, 0.15) is 0 Å². The lowest BCUT2D eigenvalue weighted by Crippen LogP contribution is -2.51. The number of methoxy groups -OCH3 is 1. The molecule has 2 rings (SSSR count). The summed E-state index contributed by atoms with van der Waals surface area (Å²) >= 11 is 0. The summed E-state index contributed by atoms with van der Waals surface area (Å²) < 4.78 is 4.96. The first-order chi connectivity index (χ1) is 11.9. The van der Waals surface area contributed by atoms with Crippen LogP contribution in [0, 0.1) is 19.8 Å². The lowest BCUT2D eigenvalue weighted by molar-refractivity contribution is -0.126. The predicted molar refractivity (Wildman–Crippen MR) is 98.7 cm³/mol. The number of anilines is 1. The molecule has 6 nitrogen and oxygen atoms in total. The molecule has 1 fully saturated rings. The summed E-state index contributed by atoms with van der Waals surface area (Å²) in [6.45, 7) is 7.42. The molecule has 138 valence electrons. The molecule has 2 N–H and O–H groups in total. The highest BCUT2D eigenvalue weighted by Gasteiger charge is 2.32. The normalized spacial score (nSPS) is 20.2. The zero-order valence-electron chi connectivity index (χ0n) is 15.6. The first-order valence-corrected chi connectivity index (χ1v) is 8.84. The first kappa shape index (κ1) is 19.2. The molecule has 0 aromatic heterocycles. The Morgan fingerprint density at radius 1 is 1.24 bits per heavy atom. The average molecular weight is 347 g/mol. The van der Waals surface area contributed by atoms with Gasteiger partial charge < -0.3 is 20.3 Å². The monoisotopic (exact) mass is 347 g/mol. The van der Waals surface area contributed by atoms with Crippen LogP contribution < -0.4 is 10.6 Å². The van der Waals surface area contributed by atoms with Gasteiger partial charge in [0.05, 0.1) is 12.5 Å². The van der Waals surface area contributed by atoms with Crippen LogP contribution in [0.25, 0.3) is 0 Å². The number of hydrogen-bond acceptors (Lipinski definition) is 3. The van der Waals surface area contributed by atoms with Gasteiger partial charge in [0.2, 0.25) is 5.91 Å². The second-order valence-corrected chi connectivity index (χ2v) is 6.76. The number of amides is 3. The first-order valence-electron chi connectivity index (χ1n) is 8.84. The fourth-order valence-electron chi connectivity index (χ4n) is 3.21. The Morgan fingerprint density at radius 3 is 2.56 bits per heavy atom. The van der Waals surface area contributed by atoms with Crippen LogP contribution in [0.15, 0.2) is 18.2 Å². The molecule has 0 bridgehead atoms. The van der Waals surface area contributed by atoms with Crippen molar-refractivity contribution in [2.45, 2.75) is 39.7 Å². The summed E-state index contributed by atoms with van der Waals surface area (Å²) in [6.07, 6.45) is 1.62. The fraction of sp³-hybridized carbons (Fsp3) is 0.579. The van der Waals surface area contributed by atoms with Gasteiger partial charge in [0.15, 0.2) is 0 Å². The summed E-state index contributed by atoms with van der Waals surface area (Å²) in [4.78, 5) is 26.8. The van der Waals surface area contributed by atoms with Crippen molar-refractivity contribution < 1.29 is 14.3 Å². The Balaban J connectivity index is 2.01. The summed E-state index contributed by atoms with van der Waals surface area (Å²) in [5.41, 5.74) is 2.92. The average Bonchev–Trinajstić information content (AvgIpc) is 2.58. The predicted octanol–water partition coefficient (Wildman–Crippen LogP) is 2.70. The minimum Gasteiger partial charge on any atom is -0.383 e. The number of aryl methyl sites for hydroxylation is 2. The quantitative estimate of drug-likeness (QED) is 0.805. The van der Waals surface area contributed by atoms with E-state index in [0.717, 1.165) is 29.7 Å². The van der Waals surface area contributed by atoms with Gasteiger partial charge in [-0.05, 0) is 44.7 Å².